The van der Waals surface area contributed by atoms with Crippen molar-refractivity contribution in [2.45, 2.75) is 26.8 Å². The van der Waals surface area contributed by atoms with Gasteiger partial charge in [-0.3, -0.25) is 0 Å². The number of rotatable bonds is 4. The number of hydrogen-bond acceptors (Lipinski definition) is 2. The van der Waals surface area contributed by atoms with E-state index in [2.05, 4.69) is 27.3 Å². The molecule has 1 atom stereocenters. The van der Waals surface area contributed by atoms with Gasteiger partial charge in [0.15, 0.2) is 0 Å². The van der Waals surface area contributed by atoms with Crippen LogP contribution in [0.2, 0.25) is 5.02 Å². The van der Waals surface area contributed by atoms with Crippen molar-refractivity contribution in [2.24, 2.45) is 5.41 Å². The van der Waals surface area contributed by atoms with Crippen LogP contribution in [0.3, 0.4) is 0 Å². The third-order valence-electron chi connectivity index (χ3n) is 2.58. The highest BCUT2D eigenvalue weighted by Crippen LogP contribution is 2.26. The summed E-state index contributed by atoms with van der Waals surface area (Å²) in [5.41, 5.74) is 0.680. The van der Waals surface area contributed by atoms with E-state index in [0.29, 0.717) is 6.54 Å². The molecule has 1 aromatic rings. The van der Waals surface area contributed by atoms with Crippen molar-refractivity contribution < 1.29 is 0 Å². The highest BCUT2D eigenvalue weighted by atomic mass is 79.9. The van der Waals surface area contributed by atoms with Crippen molar-refractivity contribution in [3.8, 4) is 6.07 Å². The Kier molecular flexibility index (Phi) is 5.00. The standard InChI is InChI=1S/C13H16BrClN2/c1-9(17-8-13(2,3)7-16)11-5-4-10(14)6-12(11)15/h4-6,9,17H,8H2,1-3H3. The minimum Gasteiger partial charge on any atom is -0.309 e. The van der Waals surface area contributed by atoms with Crippen LogP contribution in [-0.4, -0.2) is 6.54 Å². The minimum absolute atomic E-state index is 0.128. The molecule has 1 aromatic carbocycles. The second-order valence-corrected chi connectivity index (χ2v) is 6.09. The lowest BCUT2D eigenvalue weighted by Gasteiger charge is -2.21. The first-order valence-corrected chi connectivity index (χ1v) is 6.62. The predicted molar refractivity (Wildman–Crippen MR) is 75.0 cm³/mol. The highest BCUT2D eigenvalue weighted by Gasteiger charge is 2.18. The molecule has 4 heteroatoms. The molecule has 2 nitrogen and oxygen atoms in total. The third kappa shape index (κ3) is 4.31. The zero-order chi connectivity index (χ0) is 13.1. The van der Waals surface area contributed by atoms with Crippen LogP contribution in [0.5, 0.6) is 0 Å². The molecule has 1 N–H and O–H groups in total. The summed E-state index contributed by atoms with van der Waals surface area (Å²) < 4.78 is 0.968. The minimum atomic E-state index is -0.365. The Bertz CT molecular complexity index is 438. The number of nitrogens with one attached hydrogen (secondary N) is 1. The van der Waals surface area contributed by atoms with Crippen molar-refractivity contribution in [1.29, 1.82) is 5.26 Å². The Morgan fingerprint density at radius 3 is 2.71 bits per heavy atom. The van der Waals surface area contributed by atoms with Crippen LogP contribution in [-0.2, 0) is 0 Å². The molecule has 0 saturated carbocycles. The van der Waals surface area contributed by atoms with Crippen molar-refractivity contribution in [2.75, 3.05) is 6.54 Å². The summed E-state index contributed by atoms with van der Waals surface area (Å²) >= 11 is 9.55. The first kappa shape index (κ1) is 14.5. The van der Waals surface area contributed by atoms with Crippen LogP contribution in [0.4, 0.5) is 0 Å². The van der Waals surface area contributed by atoms with Crippen molar-refractivity contribution in [3.05, 3.63) is 33.3 Å². The van der Waals surface area contributed by atoms with E-state index in [-0.39, 0.29) is 11.5 Å². The number of nitrogens with zero attached hydrogens (tertiary/aromatic N) is 1. The number of benzene rings is 1. The van der Waals surface area contributed by atoms with Crippen molar-refractivity contribution in [3.63, 3.8) is 0 Å². The van der Waals surface area contributed by atoms with E-state index in [9.17, 15) is 0 Å². The summed E-state index contributed by atoms with van der Waals surface area (Å²) in [5.74, 6) is 0. The third-order valence-corrected chi connectivity index (χ3v) is 3.40. The summed E-state index contributed by atoms with van der Waals surface area (Å²) in [5, 5.41) is 13.0. The molecule has 0 aliphatic heterocycles. The van der Waals surface area contributed by atoms with Gasteiger partial charge in [-0.25, -0.2) is 0 Å². The summed E-state index contributed by atoms with van der Waals surface area (Å²) in [6.07, 6.45) is 0. The number of halogens is 2. The van der Waals surface area contributed by atoms with Gasteiger partial charge in [0.05, 0.1) is 11.5 Å². The molecule has 0 spiro atoms. The summed E-state index contributed by atoms with van der Waals surface area (Å²) in [6, 6.07) is 8.23. The maximum Gasteiger partial charge on any atom is 0.0697 e. The van der Waals surface area contributed by atoms with Crippen LogP contribution >= 0.6 is 27.5 Å². The van der Waals surface area contributed by atoms with E-state index in [1.54, 1.807) is 0 Å². The van der Waals surface area contributed by atoms with Crippen molar-refractivity contribution in [1.82, 2.24) is 5.32 Å². The van der Waals surface area contributed by atoms with Gasteiger partial charge in [-0.05, 0) is 38.5 Å². The van der Waals surface area contributed by atoms with E-state index in [4.69, 9.17) is 16.9 Å². The molecule has 1 unspecified atom stereocenters. The van der Waals surface area contributed by atoms with E-state index in [1.165, 1.54) is 0 Å². The summed E-state index contributed by atoms with van der Waals surface area (Å²) in [7, 11) is 0. The Labute approximate surface area is 116 Å². The largest absolute Gasteiger partial charge is 0.309 e. The number of nitriles is 1. The van der Waals surface area contributed by atoms with Crippen LogP contribution in [0.25, 0.3) is 0 Å². The molecule has 0 bridgehead atoms. The van der Waals surface area contributed by atoms with Gasteiger partial charge >= 0.3 is 0 Å². The molecular weight excluding hydrogens is 300 g/mol. The van der Waals surface area contributed by atoms with Gasteiger partial charge in [-0.2, -0.15) is 5.26 Å². The maximum absolute atomic E-state index is 8.95. The molecule has 0 saturated heterocycles. The summed E-state index contributed by atoms with van der Waals surface area (Å²) in [6.45, 7) is 6.51. The van der Waals surface area contributed by atoms with Crippen molar-refractivity contribution >= 4 is 27.5 Å². The average molecular weight is 316 g/mol. The molecular formula is C13H16BrClN2. The normalized spacial score (nSPS) is 13.2. The van der Waals surface area contributed by atoms with Crippen LogP contribution in [0.15, 0.2) is 22.7 Å². The predicted octanol–water partition coefficient (Wildman–Crippen LogP) is 4.30. The molecule has 0 aromatic heterocycles. The molecule has 0 radical (unpaired) electrons. The topological polar surface area (TPSA) is 35.8 Å². The molecule has 0 heterocycles. The van der Waals surface area contributed by atoms with Crippen LogP contribution < -0.4 is 5.32 Å². The van der Waals surface area contributed by atoms with E-state index in [0.717, 1.165) is 15.1 Å². The molecule has 0 amide bonds. The maximum atomic E-state index is 8.95. The van der Waals surface area contributed by atoms with Gasteiger partial charge < -0.3 is 5.32 Å². The molecule has 92 valence electrons. The first-order valence-electron chi connectivity index (χ1n) is 5.45. The SMILES string of the molecule is CC(NCC(C)(C)C#N)c1ccc(Br)cc1Cl. The smallest absolute Gasteiger partial charge is 0.0697 e. The Hall–Kier alpha value is -0.560. The van der Waals surface area contributed by atoms with Gasteiger partial charge in [0.2, 0.25) is 0 Å². The van der Waals surface area contributed by atoms with E-state index >= 15 is 0 Å². The van der Waals surface area contributed by atoms with E-state index < -0.39 is 0 Å². The molecule has 0 aliphatic rings. The fraction of sp³-hybridized carbons (Fsp3) is 0.462. The van der Waals surface area contributed by atoms with Crippen LogP contribution in [0.1, 0.15) is 32.4 Å². The van der Waals surface area contributed by atoms with Gasteiger partial charge in [0.1, 0.15) is 0 Å². The lowest BCUT2D eigenvalue weighted by molar-refractivity contribution is 0.415. The molecule has 17 heavy (non-hydrogen) atoms. The lowest BCUT2D eigenvalue weighted by atomic mass is 9.95. The fourth-order valence-corrected chi connectivity index (χ4v) is 2.25. The molecule has 0 fully saturated rings. The second-order valence-electron chi connectivity index (χ2n) is 4.76. The Balaban J connectivity index is 2.71. The highest BCUT2D eigenvalue weighted by molar-refractivity contribution is 9.10. The fourth-order valence-electron chi connectivity index (χ4n) is 1.41. The Morgan fingerprint density at radius 2 is 2.18 bits per heavy atom. The second kappa shape index (κ2) is 5.86. The van der Waals surface area contributed by atoms with E-state index in [1.807, 2.05) is 39.0 Å². The van der Waals surface area contributed by atoms with Gasteiger partial charge in [-0.1, -0.05) is 33.6 Å². The quantitative estimate of drug-likeness (QED) is 0.899. The Morgan fingerprint density at radius 1 is 1.53 bits per heavy atom. The zero-order valence-electron chi connectivity index (χ0n) is 10.2. The van der Waals surface area contributed by atoms with Gasteiger partial charge in [0, 0.05) is 22.1 Å². The molecule has 0 aliphatic carbocycles. The number of hydrogen-bond donors (Lipinski definition) is 1. The molecule has 1 rings (SSSR count). The van der Waals surface area contributed by atoms with Gasteiger partial charge in [0.25, 0.3) is 0 Å². The average Bonchev–Trinajstić information content (AvgIpc) is 2.26. The monoisotopic (exact) mass is 314 g/mol. The zero-order valence-corrected chi connectivity index (χ0v) is 12.6. The summed E-state index contributed by atoms with van der Waals surface area (Å²) in [4.78, 5) is 0. The van der Waals surface area contributed by atoms with Crippen LogP contribution in [0, 0.1) is 16.7 Å². The lowest BCUT2D eigenvalue weighted by Crippen LogP contribution is -2.30. The first-order chi connectivity index (χ1) is 7.85. The van der Waals surface area contributed by atoms with Gasteiger partial charge in [-0.15, -0.1) is 0 Å².